The van der Waals surface area contributed by atoms with Gasteiger partial charge in [-0.05, 0) is 36.3 Å². The van der Waals surface area contributed by atoms with Gasteiger partial charge in [-0.3, -0.25) is 9.48 Å². The van der Waals surface area contributed by atoms with Crippen LogP contribution in [0.1, 0.15) is 31.2 Å². The lowest BCUT2D eigenvalue weighted by Gasteiger charge is -1.97. The molecule has 7 heteroatoms. The molecule has 24 heavy (non-hydrogen) atoms. The van der Waals surface area contributed by atoms with E-state index in [4.69, 9.17) is 4.74 Å². The first kappa shape index (κ1) is 16.1. The summed E-state index contributed by atoms with van der Waals surface area (Å²) in [5.74, 6) is -0.486. The summed E-state index contributed by atoms with van der Waals surface area (Å²) in [7, 11) is 3.12. The largest absolute Gasteiger partial charge is 0.465 e. The molecule has 0 unspecified atom stereocenters. The summed E-state index contributed by atoms with van der Waals surface area (Å²) in [6.07, 6.45) is 8.06. The molecule has 3 heterocycles. The van der Waals surface area contributed by atoms with Gasteiger partial charge in [-0.25, -0.2) is 9.78 Å². The molecule has 122 valence electrons. The van der Waals surface area contributed by atoms with Crippen LogP contribution in [0.4, 0.5) is 0 Å². The van der Waals surface area contributed by atoms with Crippen molar-refractivity contribution in [1.29, 1.82) is 0 Å². The van der Waals surface area contributed by atoms with Crippen LogP contribution in [-0.2, 0) is 11.8 Å². The monoisotopic (exact) mass is 341 g/mol. The van der Waals surface area contributed by atoms with Crippen molar-refractivity contribution in [3.63, 3.8) is 0 Å². The first-order valence-electron chi connectivity index (χ1n) is 7.18. The summed E-state index contributed by atoms with van der Waals surface area (Å²) in [5, 5.41) is 4.87. The number of nitrogens with zero attached hydrogens (tertiary/aromatic N) is 3. The molecule has 0 N–H and O–H groups in total. The summed E-state index contributed by atoms with van der Waals surface area (Å²) < 4.78 is 6.37. The fourth-order valence-corrected chi connectivity index (χ4v) is 3.36. The number of esters is 1. The molecule has 0 atom stereocenters. The van der Waals surface area contributed by atoms with Gasteiger partial charge < -0.3 is 4.74 Å². The highest BCUT2D eigenvalue weighted by Gasteiger charge is 2.16. The van der Waals surface area contributed by atoms with Crippen LogP contribution in [0.5, 0.6) is 0 Å². The number of pyridine rings is 1. The third-order valence-electron chi connectivity index (χ3n) is 3.60. The maximum atomic E-state index is 12.1. The van der Waals surface area contributed by atoms with Crippen LogP contribution in [0.2, 0.25) is 0 Å². The number of carbonyl (C=O) groups excluding carboxylic acids is 2. The number of carbonyl (C=O) groups is 2. The van der Waals surface area contributed by atoms with Gasteiger partial charge in [-0.2, -0.15) is 5.10 Å². The number of rotatable bonds is 4. The van der Waals surface area contributed by atoms with Gasteiger partial charge in [-0.15, -0.1) is 11.3 Å². The summed E-state index contributed by atoms with van der Waals surface area (Å²) in [6.45, 7) is 1.86. The molecule has 0 aromatic carbocycles. The van der Waals surface area contributed by atoms with Crippen molar-refractivity contribution in [3.8, 4) is 0 Å². The van der Waals surface area contributed by atoms with Crippen molar-refractivity contribution in [1.82, 2.24) is 14.8 Å². The number of aromatic nitrogens is 3. The molecule has 0 saturated carbocycles. The Morgan fingerprint density at radius 1 is 1.33 bits per heavy atom. The molecule has 0 spiro atoms. The van der Waals surface area contributed by atoms with E-state index in [9.17, 15) is 9.59 Å². The van der Waals surface area contributed by atoms with E-state index >= 15 is 0 Å². The van der Waals surface area contributed by atoms with E-state index in [2.05, 4.69) is 10.1 Å². The van der Waals surface area contributed by atoms with Crippen LogP contribution in [0, 0.1) is 6.92 Å². The highest BCUT2D eigenvalue weighted by atomic mass is 32.1. The Morgan fingerprint density at radius 2 is 2.12 bits per heavy atom. The number of fused-ring (bicyclic) bond motifs is 1. The summed E-state index contributed by atoms with van der Waals surface area (Å²) in [5.41, 5.74) is 2.16. The van der Waals surface area contributed by atoms with Gasteiger partial charge in [0.25, 0.3) is 0 Å². The number of allylic oxidation sites excluding steroid dienone is 1. The van der Waals surface area contributed by atoms with Gasteiger partial charge in [0.2, 0.25) is 0 Å². The van der Waals surface area contributed by atoms with E-state index in [0.29, 0.717) is 10.4 Å². The van der Waals surface area contributed by atoms with Crippen molar-refractivity contribution in [2.75, 3.05) is 7.11 Å². The summed E-state index contributed by atoms with van der Waals surface area (Å²) >= 11 is 1.30. The number of thiophene rings is 1. The topological polar surface area (TPSA) is 74.1 Å². The zero-order chi connectivity index (χ0) is 17.3. The number of hydrogen-bond donors (Lipinski definition) is 0. The predicted molar refractivity (Wildman–Crippen MR) is 92.3 cm³/mol. The van der Waals surface area contributed by atoms with Crippen LogP contribution < -0.4 is 0 Å². The Labute approximate surface area is 142 Å². The molecule has 0 aliphatic rings. The molecular formula is C17H15N3O3S. The molecule has 6 nitrogen and oxygen atoms in total. The fourth-order valence-electron chi connectivity index (χ4n) is 2.31. The Kier molecular flexibility index (Phi) is 4.26. The first-order valence-corrected chi connectivity index (χ1v) is 7.99. The van der Waals surface area contributed by atoms with E-state index in [1.54, 1.807) is 30.2 Å². The van der Waals surface area contributed by atoms with E-state index in [1.165, 1.54) is 30.7 Å². The van der Waals surface area contributed by atoms with Gasteiger partial charge in [0.05, 0.1) is 18.9 Å². The molecule has 0 radical (unpaired) electrons. The molecular weight excluding hydrogens is 326 g/mol. The van der Waals surface area contributed by atoms with Gasteiger partial charge in [0.1, 0.15) is 9.71 Å². The lowest BCUT2D eigenvalue weighted by molar-refractivity contribution is 0.0605. The number of hydrogen-bond acceptors (Lipinski definition) is 6. The van der Waals surface area contributed by atoms with E-state index in [0.717, 1.165) is 21.3 Å². The molecule has 0 bridgehead atoms. The molecule has 0 aliphatic carbocycles. The SMILES string of the molecule is COC(=O)c1sc2ncc(C=CC(=O)c3cnn(C)c3)cc2c1C. The molecule has 3 aromatic rings. The Balaban J connectivity index is 1.90. The van der Waals surface area contributed by atoms with Gasteiger partial charge in [-0.1, -0.05) is 0 Å². The maximum absolute atomic E-state index is 12.1. The van der Waals surface area contributed by atoms with E-state index in [-0.39, 0.29) is 11.8 Å². The van der Waals surface area contributed by atoms with Crippen LogP contribution in [-0.4, -0.2) is 33.6 Å². The quantitative estimate of drug-likeness (QED) is 0.414. The Morgan fingerprint density at radius 3 is 2.79 bits per heavy atom. The third-order valence-corrected chi connectivity index (χ3v) is 4.80. The fraction of sp³-hybridized carbons (Fsp3) is 0.176. The molecule has 0 fully saturated rings. The Hall–Kier alpha value is -2.80. The molecule has 3 aromatic heterocycles. The lowest BCUT2D eigenvalue weighted by atomic mass is 10.1. The van der Waals surface area contributed by atoms with Crippen molar-refractivity contribution in [3.05, 3.63) is 52.3 Å². The second-order valence-electron chi connectivity index (χ2n) is 5.27. The van der Waals surface area contributed by atoms with Crippen molar-refractivity contribution in [2.24, 2.45) is 7.05 Å². The summed E-state index contributed by atoms with van der Waals surface area (Å²) in [4.78, 5) is 29.5. The lowest BCUT2D eigenvalue weighted by Crippen LogP contribution is -1.99. The van der Waals surface area contributed by atoms with Gasteiger partial charge in [0.15, 0.2) is 5.78 Å². The zero-order valence-electron chi connectivity index (χ0n) is 13.4. The molecule has 0 amide bonds. The molecule has 0 aliphatic heterocycles. The minimum absolute atomic E-state index is 0.125. The zero-order valence-corrected chi connectivity index (χ0v) is 14.3. The second-order valence-corrected chi connectivity index (χ2v) is 6.27. The number of methoxy groups -OCH3 is 1. The predicted octanol–water partition coefficient (Wildman–Crippen LogP) is 3.02. The Bertz CT molecular complexity index is 969. The van der Waals surface area contributed by atoms with Crippen LogP contribution >= 0.6 is 11.3 Å². The third kappa shape index (κ3) is 2.98. The van der Waals surface area contributed by atoms with Crippen molar-refractivity contribution in [2.45, 2.75) is 6.92 Å². The summed E-state index contributed by atoms with van der Waals surface area (Å²) in [6, 6.07) is 1.91. The average molecular weight is 341 g/mol. The van der Waals surface area contributed by atoms with Gasteiger partial charge >= 0.3 is 5.97 Å². The van der Waals surface area contributed by atoms with E-state index < -0.39 is 0 Å². The minimum atomic E-state index is -0.362. The first-order chi connectivity index (χ1) is 11.5. The van der Waals surface area contributed by atoms with Gasteiger partial charge in [0, 0.05) is 24.8 Å². The highest BCUT2D eigenvalue weighted by molar-refractivity contribution is 7.20. The highest BCUT2D eigenvalue weighted by Crippen LogP contribution is 2.30. The maximum Gasteiger partial charge on any atom is 0.348 e. The van der Waals surface area contributed by atoms with Crippen LogP contribution in [0.15, 0.2) is 30.7 Å². The standard InChI is InChI=1S/C17H15N3O3S/c1-10-13-6-11(4-5-14(21)12-8-19-20(2)9-12)7-18-16(13)24-15(10)17(22)23-3/h4-9H,1-3H3. The normalized spacial score (nSPS) is 11.3. The van der Waals surface area contributed by atoms with Crippen LogP contribution in [0.3, 0.4) is 0 Å². The number of ether oxygens (including phenoxy) is 1. The minimum Gasteiger partial charge on any atom is -0.465 e. The van der Waals surface area contributed by atoms with Crippen LogP contribution in [0.25, 0.3) is 16.3 Å². The van der Waals surface area contributed by atoms with Crippen molar-refractivity contribution >= 4 is 39.4 Å². The second kappa shape index (κ2) is 6.37. The smallest absolute Gasteiger partial charge is 0.348 e. The number of aryl methyl sites for hydroxylation is 2. The molecule has 3 rings (SSSR count). The van der Waals surface area contributed by atoms with Crippen molar-refractivity contribution < 1.29 is 14.3 Å². The molecule has 0 saturated heterocycles. The van der Waals surface area contributed by atoms with E-state index in [1.807, 2.05) is 13.0 Å². The number of ketones is 1. The average Bonchev–Trinajstić information content (AvgIpc) is 3.16.